The van der Waals surface area contributed by atoms with Gasteiger partial charge in [0, 0.05) is 18.5 Å². The van der Waals surface area contributed by atoms with Crippen LogP contribution in [0.5, 0.6) is 5.88 Å². The van der Waals surface area contributed by atoms with E-state index in [2.05, 4.69) is 14.4 Å². The number of hydrogen-bond acceptors (Lipinski definition) is 6. The number of carbonyl (C=O) groups is 1. The molecule has 26 heavy (non-hydrogen) atoms. The number of carbonyl (C=O) groups excluding carboxylic acids is 1. The molecular formula is C14H11F3N4O4S. The van der Waals surface area contributed by atoms with Crippen LogP contribution in [0.4, 0.5) is 13.2 Å². The highest BCUT2D eigenvalue weighted by Crippen LogP contribution is 2.57. The van der Waals surface area contributed by atoms with Crippen molar-refractivity contribution in [2.45, 2.75) is 19.0 Å². The Morgan fingerprint density at radius 2 is 2.04 bits per heavy atom. The molecule has 1 aliphatic rings. The van der Waals surface area contributed by atoms with Crippen molar-refractivity contribution in [1.29, 1.82) is 0 Å². The van der Waals surface area contributed by atoms with Gasteiger partial charge in [-0.15, -0.1) is 5.10 Å². The van der Waals surface area contributed by atoms with E-state index < -0.39 is 34.6 Å². The van der Waals surface area contributed by atoms with Gasteiger partial charge in [0.15, 0.2) is 5.82 Å². The molecule has 138 valence electrons. The number of pyridine rings is 1. The molecule has 2 heterocycles. The molecule has 0 bridgehead atoms. The third-order valence-corrected chi connectivity index (χ3v) is 4.22. The fraction of sp³-hybridized carbons (Fsp3) is 0.357. The molecule has 1 aliphatic carbocycles. The fourth-order valence-electron chi connectivity index (χ4n) is 2.15. The fourth-order valence-corrected chi connectivity index (χ4v) is 2.39. The van der Waals surface area contributed by atoms with Crippen molar-refractivity contribution in [2.75, 3.05) is 6.61 Å². The van der Waals surface area contributed by atoms with Crippen LogP contribution in [0, 0.1) is 5.41 Å². The summed E-state index contributed by atoms with van der Waals surface area (Å²) in [6, 6.07) is 4.07. The number of halogens is 3. The number of amides is 1. The van der Waals surface area contributed by atoms with Gasteiger partial charge in [-0.1, -0.05) is 4.36 Å². The normalized spacial score (nSPS) is 15.3. The maximum absolute atomic E-state index is 12.9. The summed E-state index contributed by atoms with van der Waals surface area (Å²) in [6.07, 6.45) is -1.69. The van der Waals surface area contributed by atoms with Gasteiger partial charge in [-0.25, -0.2) is 9.67 Å². The molecule has 0 radical (unpaired) electrons. The summed E-state index contributed by atoms with van der Waals surface area (Å²) in [5.74, 6) is -0.695. The maximum atomic E-state index is 12.9. The highest BCUT2D eigenvalue weighted by atomic mass is 32.2. The van der Waals surface area contributed by atoms with Crippen molar-refractivity contribution in [3.05, 3.63) is 36.2 Å². The molecule has 1 amide bonds. The van der Waals surface area contributed by atoms with E-state index in [9.17, 15) is 26.4 Å². The van der Waals surface area contributed by atoms with Gasteiger partial charge >= 0.3 is 16.7 Å². The van der Waals surface area contributed by atoms with Crippen LogP contribution in [0.3, 0.4) is 0 Å². The van der Waals surface area contributed by atoms with Crippen LogP contribution in [0.1, 0.15) is 23.2 Å². The lowest BCUT2D eigenvalue weighted by atomic mass is 10.1. The van der Waals surface area contributed by atoms with E-state index in [1.54, 1.807) is 0 Å². The van der Waals surface area contributed by atoms with E-state index in [0.29, 0.717) is 0 Å². The van der Waals surface area contributed by atoms with E-state index in [4.69, 9.17) is 4.74 Å². The van der Waals surface area contributed by atoms with Crippen LogP contribution in [-0.2, 0) is 10.5 Å². The molecule has 2 aromatic heterocycles. The number of ether oxygens (including phenoxy) is 1. The summed E-state index contributed by atoms with van der Waals surface area (Å²) >= 11 is 0. The second-order valence-corrected chi connectivity index (χ2v) is 6.30. The number of hydrogen-bond donors (Lipinski definition) is 0. The van der Waals surface area contributed by atoms with Crippen LogP contribution in [0.15, 0.2) is 35.0 Å². The van der Waals surface area contributed by atoms with Gasteiger partial charge in [0.25, 0.3) is 5.91 Å². The van der Waals surface area contributed by atoms with Gasteiger partial charge < -0.3 is 4.74 Å². The Labute approximate surface area is 146 Å². The lowest BCUT2D eigenvalue weighted by Gasteiger charge is -2.18. The molecule has 3 rings (SSSR count). The monoisotopic (exact) mass is 388 g/mol. The first kappa shape index (κ1) is 18.0. The molecule has 0 spiro atoms. The minimum absolute atomic E-state index is 0.0132. The van der Waals surface area contributed by atoms with Crippen molar-refractivity contribution < 1.29 is 31.1 Å². The first-order chi connectivity index (χ1) is 12.2. The van der Waals surface area contributed by atoms with Gasteiger partial charge in [-0.2, -0.15) is 21.6 Å². The van der Waals surface area contributed by atoms with Gasteiger partial charge in [0.1, 0.15) is 12.0 Å². The third-order valence-electron chi connectivity index (χ3n) is 3.90. The predicted molar refractivity (Wildman–Crippen MR) is 80.3 cm³/mol. The van der Waals surface area contributed by atoms with Gasteiger partial charge in [-0.3, -0.25) is 4.79 Å². The van der Waals surface area contributed by atoms with Crippen LogP contribution in [0.2, 0.25) is 0 Å². The van der Waals surface area contributed by atoms with Gasteiger partial charge in [0.2, 0.25) is 5.88 Å². The number of rotatable bonds is 5. The van der Waals surface area contributed by atoms with Crippen LogP contribution in [-0.4, -0.2) is 41.9 Å². The highest BCUT2D eigenvalue weighted by molar-refractivity contribution is 7.62. The molecule has 1 saturated carbocycles. The van der Waals surface area contributed by atoms with Crippen LogP contribution >= 0.6 is 0 Å². The Morgan fingerprint density at radius 1 is 1.31 bits per heavy atom. The Hall–Kier alpha value is -2.76. The van der Waals surface area contributed by atoms with Gasteiger partial charge in [0.05, 0.1) is 5.56 Å². The zero-order chi connectivity index (χ0) is 18.9. The Bertz CT molecular complexity index is 955. The zero-order valence-electron chi connectivity index (χ0n) is 13.0. The largest absolute Gasteiger partial charge is 0.476 e. The summed E-state index contributed by atoms with van der Waals surface area (Å²) in [7, 11) is -2.86. The minimum atomic E-state index is -4.31. The SMILES string of the molecule is O=C(N=S(=O)=O)c1ccc(-n2ccc(OCC3(C(F)(F)F)CC3)n2)nc1. The number of alkyl halides is 3. The topological polar surface area (TPSA) is 104 Å². The van der Waals surface area contributed by atoms with Crippen molar-refractivity contribution in [1.82, 2.24) is 14.8 Å². The van der Waals surface area contributed by atoms with E-state index >= 15 is 0 Å². The second-order valence-electron chi connectivity index (χ2n) is 5.68. The molecule has 2 aromatic rings. The van der Waals surface area contributed by atoms with Crippen LogP contribution in [0.25, 0.3) is 5.82 Å². The summed E-state index contributed by atoms with van der Waals surface area (Å²) in [5.41, 5.74) is -1.83. The Morgan fingerprint density at radius 3 is 2.58 bits per heavy atom. The highest BCUT2D eigenvalue weighted by Gasteiger charge is 2.63. The van der Waals surface area contributed by atoms with E-state index in [0.717, 1.165) is 6.20 Å². The summed E-state index contributed by atoms with van der Waals surface area (Å²) in [6.45, 7) is -0.498. The van der Waals surface area contributed by atoms with E-state index in [1.807, 2.05) is 0 Å². The van der Waals surface area contributed by atoms with E-state index in [-0.39, 0.29) is 30.1 Å². The first-order valence-corrected chi connectivity index (χ1v) is 8.30. The summed E-state index contributed by atoms with van der Waals surface area (Å²) < 4.78 is 68.5. The molecule has 0 aromatic carbocycles. The lowest BCUT2D eigenvalue weighted by molar-refractivity contribution is -0.194. The van der Waals surface area contributed by atoms with E-state index in [1.165, 1.54) is 29.1 Å². The number of nitrogens with zero attached hydrogens (tertiary/aromatic N) is 4. The molecule has 0 unspecified atom stereocenters. The van der Waals surface area contributed by atoms with Crippen molar-refractivity contribution >= 4 is 16.4 Å². The molecule has 12 heteroatoms. The quantitative estimate of drug-likeness (QED) is 0.778. The molecule has 0 atom stereocenters. The first-order valence-electron chi connectivity index (χ1n) is 7.27. The maximum Gasteiger partial charge on any atom is 0.397 e. The lowest BCUT2D eigenvalue weighted by Crippen LogP contribution is -2.30. The van der Waals surface area contributed by atoms with Gasteiger partial charge in [-0.05, 0) is 25.0 Å². The Balaban J connectivity index is 1.68. The van der Waals surface area contributed by atoms with Crippen LogP contribution < -0.4 is 4.74 Å². The summed E-state index contributed by atoms with van der Waals surface area (Å²) in [5, 5.41) is 3.97. The molecule has 0 N–H and O–H groups in total. The van der Waals surface area contributed by atoms with Crippen molar-refractivity contribution in [3.8, 4) is 11.7 Å². The average molecular weight is 388 g/mol. The molecule has 0 aliphatic heterocycles. The summed E-state index contributed by atoms with van der Waals surface area (Å²) in [4.78, 5) is 15.4. The van der Waals surface area contributed by atoms with Crippen molar-refractivity contribution in [3.63, 3.8) is 0 Å². The standard InChI is InChI=1S/C14H11F3N4O4S/c15-14(16,17)13(4-5-13)8-25-11-3-6-21(19-11)10-2-1-9(7-18-10)12(22)20-26(23)24/h1-3,6-7H,4-5,8H2. The van der Waals surface area contributed by atoms with Crippen molar-refractivity contribution in [2.24, 2.45) is 9.78 Å². The average Bonchev–Trinajstić information content (AvgIpc) is 3.23. The number of aromatic nitrogens is 3. The smallest absolute Gasteiger partial charge is 0.397 e. The third kappa shape index (κ3) is 3.74. The Kier molecular flexibility index (Phi) is 4.52. The molecule has 0 saturated heterocycles. The molecule has 1 fully saturated rings. The minimum Gasteiger partial charge on any atom is -0.476 e. The second kappa shape index (κ2) is 6.52. The zero-order valence-corrected chi connectivity index (χ0v) is 13.8. The molecular weight excluding hydrogens is 377 g/mol. The predicted octanol–water partition coefficient (Wildman–Crippen LogP) is 2.19. The molecule has 8 nitrogen and oxygen atoms in total.